The number of rotatable bonds is 7. The van der Waals surface area contributed by atoms with E-state index in [0.29, 0.717) is 17.7 Å². The summed E-state index contributed by atoms with van der Waals surface area (Å²) in [7, 11) is 1.61. The minimum absolute atomic E-state index is 0.146. The Labute approximate surface area is 210 Å². The molecular weight excluding hydrogens is 458 g/mol. The molecule has 2 aromatic carbocycles. The Morgan fingerprint density at radius 2 is 1.89 bits per heavy atom. The third kappa shape index (κ3) is 4.05. The third-order valence-electron chi connectivity index (χ3n) is 7.49. The van der Waals surface area contributed by atoms with Crippen LogP contribution in [0.2, 0.25) is 0 Å². The fourth-order valence-electron chi connectivity index (χ4n) is 5.28. The molecule has 1 aromatic heterocycles. The minimum Gasteiger partial charge on any atom is -0.497 e. The van der Waals surface area contributed by atoms with Crippen LogP contribution in [0.25, 0.3) is 10.8 Å². The highest BCUT2D eigenvalue weighted by Crippen LogP contribution is 2.32. The summed E-state index contributed by atoms with van der Waals surface area (Å²) in [5.41, 5.74) is 1.71. The summed E-state index contributed by atoms with van der Waals surface area (Å²) in [6.07, 6.45) is 2.20. The Bertz CT molecular complexity index is 1370. The second-order valence-electron chi connectivity index (χ2n) is 9.83. The maximum atomic E-state index is 13.5. The highest BCUT2D eigenvalue weighted by atomic mass is 16.5. The average molecular weight is 490 g/mol. The molecule has 188 valence electrons. The molecule has 2 fully saturated rings. The van der Waals surface area contributed by atoms with Gasteiger partial charge in [-0.3, -0.25) is 14.5 Å². The van der Waals surface area contributed by atoms with E-state index >= 15 is 0 Å². The molecule has 0 unspecified atom stereocenters. The van der Waals surface area contributed by atoms with Gasteiger partial charge in [0.2, 0.25) is 0 Å². The summed E-state index contributed by atoms with van der Waals surface area (Å²) in [5, 5.41) is 4.69. The number of aryl methyl sites for hydroxylation is 1. The van der Waals surface area contributed by atoms with Crippen molar-refractivity contribution in [3.8, 4) is 5.75 Å². The Morgan fingerprint density at radius 1 is 1.14 bits per heavy atom. The smallest absolute Gasteiger partial charge is 0.325 e. The minimum atomic E-state index is -1.26. The van der Waals surface area contributed by atoms with Crippen LogP contribution in [0, 0.1) is 13.8 Å². The molecule has 36 heavy (non-hydrogen) atoms. The number of Topliss-reactive ketones (excluding diaryl/α,β-unsaturated/α-hetero) is 1. The lowest BCUT2D eigenvalue weighted by molar-refractivity contribution is -0.130. The molecule has 5 rings (SSSR count). The van der Waals surface area contributed by atoms with E-state index in [9.17, 15) is 14.4 Å². The van der Waals surface area contributed by atoms with E-state index in [0.717, 1.165) is 52.3 Å². The van der Waals surface area contributed by atoms with E-state index < -0.39 is 17.5 Å². The van der Waals surface area contributed by atoms with Crippen LogP contribution in [-0.4, -0.2) is 53.6 Å². The highest BCUT2D eigenvalue weighted by molar-refractivity contribution is 6.11. The monoisotopic (exact) mass is 489 g/mol. The number of amides is 3. The van der Waals surface area contributed by atoms with Crippen molar-refractivity contribution in [2.24, 2.45) is 0 Å². The first kappa shape index (κ1) is 24.1. The number of urea groups is 1. The number of imide groups is 1. The van der Waals surface area contributed by atoms with Crippen LogP contribution >= 0.6 is 0 Å². The number of aromatic nitrogens is 1. The molecule has 3 amide bonds. The average Bonchev–Trinajstić information content (AvgIpc) is 3.54. The van der Waals surface area contributed by atoms with E-state index in [4.69, 9.17) is 9.47 Å². The summed E-state index contributed by atoms with van der Waals surface area (Å²) in [6.45, 7) is 6.69. The number of benzene rings is 2. The number of fused-ring (bicyclic) bond motifs is 1. The van der Waals surface area contributed by atoms with E-state index in [1.54, 1.807) is 14.0 Å². The van der Waals surface area contributed by atoms with Crippen LogP contribution in [0.15, 0.2) is 42.5 Å². The van der Waals surface area contributed by atoms with Gasteiger partial charge in [0.25, 0.3) is 5.91 Å². The molecule has 2 aliphatic rings. The van der Waals surface area contributed by atoms with Gasteiger partial charge in [-0.25, -0.2) is 4.79 Å². The standard InChI is InChI=1S/C28H31N3O5/c1-17-12-24(18(2)30(17)15-23-6-5-11-36-23)25(32)16-31-26(33)28(3,29-27(31)34)21-9-7-20-14-22(35-4)10-8-19(20)13-21/h7-10,12-14,23H,5-6,11,15-16H2,1-4H3,(H,29,34)/t23-,28-/m1/s1. The maximum absolute atomic E-state index is 13.5. The number of nitrogens with one attached hydrogen (secondary N) is 1. The summed E-state index contributed by atoms with van der Waals surface area (Å²) >= 11 is 0. The van der Waals surface area contributed by atoms with Gasteiger partial charge in [-0.1, -0.05) is 18.2 Å². The topological polar surface area (TPSA) is 89.9 Å². The molecule has 2 aliphatic heterocycles. The van der Waals surface area contributed by atoms with Gasteiger partial charge < -0.3 is 19.4 Å². The largest absolute Gasteiger partial charge is 0.497 e. The number of methoxy groups -OCH3 is 1. The van der Waals surface area contributed by atoms with Crippen LogP contribution in [0.1, 0.15) is 47.1 Å². The van der Waals surface area contributed by atoms with Gasteiger partial charge in [0, 0.05) is 30.1 Å². The van der Waals surface area contributed by atoms with Gasteiger partial charge >= 0.3 is 6.03 Å². The molecule has 2 saturated heterocycles. The second kappa shape index (κ2) is 9.09. The van der Waals surface area contributed by atoms with Crippen molar-refractivity contribution in [2.45, 2.75) is 51.8 Å². The number of ketones is 1. The quantitative estimate of drug-likeness (QED) is 0.399. The van der Waals surface area contributed by atoms with Gasteiger partial charge in [-0.2, -0.15) is 0 Å². The lowest BCUT2D eigenvalue weighted by atomic mass is 9.90. The molecule has 1 N–H and O–H groups in total. The molecule has 8 heteroatoms. The molecule has 2 atom stereocenters. The Balaban J connectivity index is 1.36. The molecule has 3 aromatic rings. The number of nitrogens with zero attached hydrogens (tertiary/aromatic N) is 2. The van der Waals surface area contributed by atoms with E-state index in [1.807, 2.05) is 56.3 Å². The summed E-state index contributed by atoms with van der Waals surface area (Å²) in [6, 6.07) is 12.5. The van der Waals surface area contributed by atoms with Crippen LogP contribution in [0.3, 0.4) is 0 Å². The molecule has 0 radical (unpaired) electrons. The zero-order valence-electron chi connectivity index (χ0n) is 21.1. The first-order valence-electron chi connectivity index (χ1n) is 12.2. The second-order valence-corrected chi connectivity index (χ2v) is 9.83. The molecule has 8 nitrogen and oxygen atoms in total. The fraction of sp³-hybridized carbons (Fsp3) is 0.393. The summed E-state index contributed by atoms with van der Waals surface area (Å²) in [5.74, 6) is 0.0356. The van der Waals surface area contributed by atoms with Crippen LogP contribution < -0.4 is 10.1 Å². The Kier molecular flexibility index (Phi) is 6.08. The summed E-state index contributed by atoms with van der Waals surface area (Å²) < 4.78 is 13.1. The van der Waals surface area contributed by atoms with E-state index in [1.165, 1.54) is 0 Å². The van der Waals surface area contributed by atoms with Crippen LogP contribution in [-0.2, 0) is 21.6 Å². The number of hydrogen-bond acceptors (Lipinski definition) is 5. The maximum Gasteiger partial charge on any atom is 0.325 e. The van der Waals surface area contributed by atoms with E-state index in [-0.39, 0.29) is 18.4 Å². The Hall–Kier alpha value is -3.65. The number of carbonyl (C=O) groups excluding carboxylic acids is 3. The zero-order chi connectivity index (χ0) is 25.6. The molecular formula is C28H31N3O5. The number of carbonyl (C=O) groups is 3. The zero-order valence-corrected chi connectivity index (χ0v) is 21.1. The SMILES string of the molecule is COc1ccc2cc([C@@]3(C)NC(=O)N(CC(=O)c4cc(C)n(C[C@H]5CCCO5)c4C)C3=O)ccc2c1. The van der Waals surface area contributed by atoms with E-state index in [2.05, 4.69) is 9.88 Å². The number of hydrogen-bond donors (Lipinski definition) is 1. The third-order valence-corrected chi connectivity index (χ3v) is 7.49. The Morgan fingerprint density at radius 3 is 2.61 bits per heavy atom. The molecule has 0 saturated carbocycles. The molecule has 3 heterocycles. The van der Waals surface area contributed by atoms with Crippen molar-refractivity contribution >= 4 is 28.5 Å². The van der Waals surface area contributed by atoms with Gasteiger partial charge in [-0.15, -0.1) is 0 Å². The van der Waals surface area contributed by atoms with Crippen molar-refractivity contribution in [2.75, 3.05) is 20.3 Å². The van der Waals surface area contributed by atoms with Crippen LogP contribution in [0.4, 0.5) is 4.79 Å². The molecule has 0 aliphatic carbocycles. The normalized spacial score (nSPS) is 21.9. The van der Waals surface area contributed by atoms with Gasteiger partial charge in [0.15, 0.2) is 5.78 Å². The van der Waals surface area contributed by atoms with Gasteiger partial charge in [0.05, 0.1) is 19.8 Å². The van der Waals surface area contributed by atoms with Crippen molar-refractivity contribution in [1.82, 2.24) is 14.8 Å². The van der Waals surface area contributed by atoms with Crippen molar-refractivity contribution < 1.29 is 23.9 Å². The highest BCUT2D eigenvalue weighted by Gasteiger charge is 2.49. The first-order valence-corrected chi connectivity index (χ1v) is 12.2. The molecule has 0 spiro atoms. The fourth-order valence-corrected chi connectivity index (χ4v) is 5.28. The van der Waals surface area contributed by atoms with Crippen molar-refractivity contribution in [3.05, 3.63) is 65.0 Å². The lowest BCUT2D eigenvalue weighted by Crippen LogP contribution is -2.41. The van der Waals surface area contributed by atoms with Gasteiger partial charge in [-0.05, 0) is 74.2 Å². The number of ether oxygens (including phenoxy) is 2. The predicted octanol–water partition coefficient (Wildman–Crippen LogP) is 4.10. The summed E-state index contributed by atoms with van der Waals surface area (Å²) in [4.78, 5) is 40.6. The predicted molar refractivity (Wildman–Crippen MR) is 135 cm³/mol. The van der Waals surface area contributed by atoms with Crippen molar-refractivity contribution in [3.63, 3.8) is 0 Å². The van der Waals surface area contributed by atoms with Gasteiger partial charge in [0.1, 0.15) is 11.3 Å². The van der Waals surface area contributed by atoms with Crippen LogP contribution in [0.5, 0.6) is 5.75 Å². The molecule has 0 bridgehead atoms. The van der Waals surface area contributed by atoms with Crippen molar-refractivity contribution in [1.29, 1.82) is 0 Å². The first-order chi connectivity index (χ1) is 17.2. The lowest BCUT2D eigenvalue weighted by Gasteiger charge is -2.22.